The van der Waals surface area contributed by atoms with Gasteiger partial charge in [0.05, 0.1) is 17.7 Å². The van der Waals surface area contributed by atoms with E-state index in [4.69, 9.17) is 4.74 Å². The van der Waals surface area contributed by atoms with Crippen LogP contribution >= 0.6 is 15.9 Å². The second-order valence-corrected chi connectivity index (χ2v) is 7.30. The molecule has 2 aromatic rings. The predicted octanol–water partition coefficient (Wildman–Crippen LogP) is 3.47. The van der Waals surface area contributed by atoms with E-state index in [1.807, 2.05) is 26.0 Å². The number of rotatable bonds is 6. The summed E-state index contributed by atoms with van der Waals surface area (Å²) in [5.74, 6) is 0.693. The predicted molar refractivity (Wildman–Crippen MR) is 94.4 cm³/mol. The number of sulfonamides is 1. The number of nitrogens with one attached hydrogen (secondary N) is 1. The van der Waals surface area contributed by atoms with E-state index in [-0.39, 0.29) is 4.90 Å². The molecule has 7 heteroatoms. The zero-order valence-electron chi connectivity index (χ0n) is 12.8. The summed E-state index contributed by atoms with van der Waals surface area (Å²) in [6, 6.07) is 12.0. The molecule has 0 radical (unpaired) electrons. The fraction of sp³-hybridized carbons (Fsp3) is 0.188. The molecule has 2 rings (SSSR count). The van der Waals surface area contributed by atoms with Crippen LogP contribution in [0.1, 0.15) is 18.1 Å². The molecular formula is C16H17BrN2O3S. The Bertz CT molecular complexity index is 803. The van der Waals surface area contributed by atoms with Gasteiger partial charge >= 0.3 is 0 Å². The maximum Gasteiger partial charge on any atom is 0.276 e. The van der Waals surface area contributed by atoms with Crippen LogP contribution in [-0.4, -0.2) is 21.2 Å². The molecule has 0 unspecified atom stereocenters. The highest BCUT2D eigenvalue weighted by Crippen LogP contribution is 2.21. The van der Waals surface area contributed by atoms with Crippen LogP contribution in [0.2, 0.25) is 0 Å². The van der Waals surface area contributed by atoms with Crippen LogP contribution < -0.4 is 9.57 Å². The lowest BCUT2D eigenvalue weighted by molar-refractivity contribution is 0.340. The van der Waals surface area contributed by atoms with Crippen LogP contribution in [0.25, 0.3) is 0 Å². The number of nitrogens with zero attached hydrogens (tertiary/aromatic N) is 1. The second-order valence-electron chi connectivity index (χ2n) is 4.78. The van der Waals surface area contributed by atoms with Gasteiger partial charge in [-0.05, 0) is 44.2 Å². The number of hydrogen-bond donors (Lipinski definition) is 1. The minimum atomic E-state index is -3.67. The summed E-state index contributed by atoms with van der Waals surface area (Å²) >= 11 is 3.39. The van der Waals surface area contributed by atoms with Crippen LogP contribution in [0.15, 0.2) is 56.9 Å². The van der Waals surface area contributed by atoms with Gasteiger partial charge < -0.3 is 4.74 Å². The van der Waals surface area contributed by atoms with Crippen LogP contribution in [0, 0.1) is 6.92 Å². The topological polar surface area (TPSA) is 67.8 Å². The average molecular weight is 397 g/mol. The third-order valence-electron chi connectivity index (χ3n) is 2.99. The van der Waals surface area contributed by atoms with Gasteiger partial charge in [0, 0.05) is 10.0 Å². The van der Waals surface area contributed by atoms with Gasteiger partial charge in [0.25, 0.3) is 10.0 Å². The van der Waals surface area contributed by atoms with E-state index in [2.05, 4.69) is 25.9 Å². The first-order valence-electron chi connectivity index (χ1n) is 6.96. The third-order valence-corrected chi connectivity index (χ3v) is 4.95. The molecule has 2 aromatic carbocycles. The Balaban J connectivity index is 2.14. The third kappa shape index (κ3) is 4.80. The first-order chi connectivity index (χ1) is 10.9. The van der Waals surface area contributed by atoms with Crippen molar-refractivity contribution in [2.75, 3.05) is 6.61 Å². The standard InChI is InChI=1S/C16H17BrN2O3S/c1-3-22-14-6-9-16(17)13(10-14)11-18-19-23(20,21)15-7-4-12(2)5-8-15/h4-11,19H,3H2,1-2H3. The van der Waals surface area contributed by atoms with Crippen molar-refractivity contribution in [3.8, 4) is 5.75 Å². The average Bonchev–Trinajstić information content (AvgIpc) is 2.51. The van der Waals surface area contributed by atoms with Gasteiger partial charge in [0.2, 0.25) is 0 Å². The fourth-order valence-corrected chi connectivity index (χ4v) is 2.95. The van der Waals surface area contributed by atoms with Crippen molar-refractivity contribution in [3.63, 3.8) is 0 Å². The van der Waals surface area contributed by atoms with Crippen LogP contribution in [0.5, 0.6) is 5.75 Å². The molecule has 5 nitrogen and oxygen atoms in total. The number of ether oxygens (including phenoxy) is 1. The zero-order valence-corrected chi connectivity index (χ0v) is 15.2. The van der Waals surface area contributed by atoms with E-state index in [1.54, 1.807) is 30.3 Å². The Morgan fingerprint density at radius 1 is 1.22 bits per heavy atom. The van der Waals surface area contributed by atoms with E-state index < -0.39 is 10.0 Å². The molecule has 0 heterocycles. The molecule has 0 saturated heterocycles. The van der Waals surface area contributed by atoms with E-state index in [9.17, 15) is 8.42 Å². The molecule has 0 fully saturated rings. The molecule has 0 spiro atoms. The maximum atomic E-state index is 12.1. The SMILES string of the molecule is CCOc1ccc(Br)c(C=NNS(=O)(=O)c2ccc(C)cc2)c1. The summed E-state index contributed by atoms with van der Waals surface area (Å²) < 4.78 is 30.5. The van der Waals surface area contributed by atoms with Crippen molar-refractivity contribution in [1.29, 1.82) is 0 Å². The lowest BCUT2D eigenvalue weighted by Crippen LogP contribution is -2.18. The number of hydrogen-bond acceptors (Lipinski definition) is 4. The lowest BCUT2D eigenvalue weighted by atomic mass is 10.2. The summed E-state index contributed by atoms with van der Waals surface area (Å²) in [6.07, 6.45) is 1.43. The van der Waals surface area contributed by atoms with Crippen molar-refractivity contribution >= 4 is 32.2 Å². The van der Waals surface area contributed by atoms with E-state index in [1.165, 1.54) is 6.21 Å². The quantitative estimate of drug-likeness (QED) is 0.600. The fourth-order valence-electron chi connectivity index (χ4n) is 1.81. The summed E-state index contributed by atoms with van der Waals surface area (Å²) in [5.41, 5.74) is 1.70. The molecule has 0 aliphatic heterocycles. The summed E-state index contributed by atoms with van der Waals surface area (Å²) in [5, 5.41) is 3.83. The molecule has 1 N–H and O–H groups in total. The molecule has 122 valence electrons. The summed E-state index contributed by atoms with van der Waals surface area (Å²) in [6.45, 7) is 4.34. The first-order valence-corrected chi connectivity index (χ1v) is 9.24. The van der Waals surface area contributed by atoms with Crippen molar-refractivity contribution in [2.45, 2.75) is 18.7 Å². The monoisotopic (exact) mass is 396 g/mol. The molecule has 0 atom stereocenters. The van der Waals surface area contributed by atoms with Gasteiger partial charge in [-0.3, -0.25) is 0 Å². The van der Waals surface area contributed by atoms with Crippen LogP contribution in [0.3, 0.4) is 0 Å². The van der Waals surface area contributed by atoms with Gasteiger partial charge in [-0.25, -0.2) is 4.83 Å². The summed E-state index contributed by atoms with van der Waals surface area (Å²) in [7, 11) is -3.67. The minimum absolute atomic E-state index is 0.169. The van der Waals surface area contributed by atoms with Crippen LogP contribution in [0.4, 0.5) is 0 Å². The highest BCUT2D eigenvalue weighted by Gasteiger charge is 2.11. The molecule has 0 aromatic heterocycles. The van der Waals surface area contributed by atoms with Crippen molar-refractivity contribution < 1.29 is 13.2 Å². The van der Waals surface area contributed by atoms with Crippen molar-refractivity contribution in [1.82, 2.24) is 4.83 Å². The van der Waals surface area contributed by atoms with Gasteiger partial charge in [-0.15, -0.1) is 0 Å². The highest BCUT2D eigenvalue weighted by molar-refractivity contribution is 9.10. The van der Waals surface area contributed by atoms with Gasteiger partial charge in [0.1, 0.15) is 5.75 Å². The highest BCUT2D eigenvalue weighted by atomic mass is 79.9. The molecule has 0 saturated carbocycles. The smallest absolute Gasteiger partial charge is 0.276 e. The first kappa shape index (κ1) is 17.5. The Morgan fingerprint density at radius 3 is 2.57 bits per heavy atom. The van der Waals surface area contributed by atoms with Gasteiger partial charge in [-0.1, -0.05) is 33.6 Å². The molecule has 0 aliphatic rings. The Labute approximate surface area is 144 Å². The largest absolute Gasteiger partial charge is 0.494 e. The van der Waals surface area contributed by atoms with E-state index in [0.29, 0.717) is 17.9 Å². The normalized spacial score (nSPS) is 11.6. The number of benzene rings is 2. The molecule has 0 aliphatic carbocycles. The minimum Gasteiger partial charge on any atom is -0.494 e. The van der Waals surface area contributed by atoms with E-state index >= 15 is 0 Å². The molecule has 23 heavy (non-hydrogen) atoms. The Hall–Kier alpha value is -1.86. The Morgan fingerprint density at radius 2 is 1.91 bits per heavy atom. The van der Waals surface area contributed by atoms with Crippen molar-refractivity contribution in [3.05, 3.63) is 58.1 Å². The second kappa shape index (κ2) is 7.61. The van der Waals surface area contributed by atoms with Crippen LogP contribution in [-0.2, 0) is 10.0 Å². The van der Waals surface area contributed by atoms with Crippen molar-refractivity contribution in [2.24, 2.45) is 5.10 Å². The van der Waals surface area contributed by atoms with Gasteiger partial charge in [-0.2, -0.15) is 13.5 Å². The molecule has 0 bridgehead atoms. The molecular weight excluding hydrogens is 380 g/mol. The number of hydrazone groups is 1. The molecule has 0 amide bonds. The number of halogens is 1. The zero-order chi connectivity index (χ0) is 16.9. The van der Waals surface area contributed by atoms with Gasteiger partial charge in [0.15, 0.2) is 0 Å². The maximum absolute atomic E-state index is 12.1. The number of aryl methyl sites for hydroxylation is 1. The lowest BCUT2D eigenvalue weighted by Gasteiger charge is -2.06. The Kier molecular flexibility index (Phi) is 5.79. The van der Waals surface area contributed by atoms with E-state index in [0.717, 1.165) is 10.0 Å². The summed E-state index contributed by atoms with van der Waals surface area (Å²) in [4.78, 5) is 2.37.